The molecule has 158 valence electrons. The number of aryl methyl sites for hydroxylation is 2. The van der Waals surface area contributed by atoms with E-state index >= 15 is 0 Å². The molecule has 0 unspecified atom stereocenters. The van der Waals surface area contributed by atoms with Crippen molar-refractivity contribution in [1.29, 1.82) is 0 Å². The molecule has 1 N–H and O–H groups in total. The molecule has 1 atom stereocenters. The molecule has 0 spiro atoms. The highest BCUT2D eigenvalue weighted by molar-refractivity contribution is 5.83. The van der Waals surface area contributed by atoms with E-state index in [1.54, 1.807) is 11.5 Å². The number of aromatic nitrogens is 2. The summed E-state index contributed by atoms with van der Waals surface area (Å²) in [5, 5.41) is 2.74. The first kappa shape index (κ1) is 22.6. The van der Waals surface area contributed by atoms with Crippen LogP contribution in [0, 0.1) is 5.92 Å². The minimum Gasteiger partial charge on any atom is -0.453 e. The van der Waals surface area contributed by atoms with Gasteiger partial charge in [-0.3, -0.25) is 14.4 Å². The molecule has 0 saturated heterocycles. The second-order valence-corrected chi connectivity index (χ2v) is 7.63. The minimum absolute atomic E-state index is 0.00381. The van der Waals surface area contributed by atoms with Crippen LogP contribution >= 0.6 is 0 Å². The van der Waals surface area contributed by atoms with Gasteiger partial charge in [0, 0.05) is 19.5 Å². The molecule has 2 rings (SSSR count). The van der Waals surface area contributed by atoms with E-state index in [0.717, 1.165) is 23.9 Å². The average Bonchev–Trinajstić information content (AvgIpc) is 2.69. The maximum absolute atomic E-state index is 12.9. The van der Waals surface area contributed by atoms with Gasteiger partial charge in [-0.2, -0.15) is 0 Å². The van der Waals surface area contributed by atoms with Gasteiger partial charge in [0.15, 0.2) is 6.10 Å². The van der Waals surface area contributed by atoms with Crippen LogP contribution in [0.3, 0.4) is 0 Å². The maximum atomic E-state index is 12.9. The third kappa shape index (κ3) is 6.41. The number of carbonyl (C=O) groups is 2. The number of nitrogens with one attached hydrogen (secondary N) is 1. The fraction of sp³-hybridized carbons (Fsp3) is 0.545. The van der Waals surface area contributed by atoms with Crippen LogP contribution in [0.2, 0.25) is 0 Å². The van der Waals surface area contributed by atoms with Crippen molar-refractivity contribution < 1.29 is 14.3 Å². The highest BCUT2D eigenvalue weighted by Gasteiger charge is 2.19. The molecular weight excluding hydrogens is 370 g/mol. The minimum atomic E-state index is -0.868. The Morgan fingerprint density at radius 2 is 1.93 bits per heavy atom. The SMILES string of the molecule is CCCCn1c(=O)c(CCC(=O)O[C@@H](C)C(=O)NCC(C)C)nc2ccccc21. The van der Waals surface area contributed by atoms with Crippen LogP contribution < -0.4 is 10.9 Å². The Kier molecular flexibility index (Phi) is 8.36. The molecule has 0 aliphatic rings. The Bertz CT molecular complexity index is 905. The summed E-state index contributed by atoms with van der Waals surface area (Å²) in [7, 11) is 0. The van der Waals surface area contributed by atoms with Crippen LogP contribution in [0.1, 0.15) is 52.7 Å². The smallest absolute Gasteiger partial charge is 0.306 e. The number of amides is 1. The molecule has 0 radical (unpaired) electrons. The van der Waals surface area contributed by atoms with Gasteiger partial charge in [0.25, 0.3) is 11.5 Å². The number of rotatable bonds is 10. The molecule has 7 heteroatoms. The van der Waals surface area contributed by atoms with E-state index in [0.29, 0.717) is 24.7 Å². The lowest BCUT2D eigenvalue weighted by atomic mass is 10.2. The zero-order valence-corrected chi connectivity index (χ0v) is 17.7. The molecule has 1 aromatic carbocycles. The third-order valence-corrected chi connectivity index (χ3v) is 4.58. The van der Waals surface area contributed by atoms with Crippen molar-refractivity contribution in [2.75, 3.05) is 6.54 Å². The summed E-state index contributed by atoms with van der Waals surface area (Å²) in [5.74, 6) is -0.528. The first-order valence-electron chi connectivity index (χ1n) is 10.3. The summed E-state index contributed by atoms with van der Waals surface area (Å²) < 4.78 is 6.93. The summed E-state index contributed by atoms with van der Waals surface area (Å²) in [6, 6.07) is 7.50. The van der Waals surface area contributed by atoms with Gasteiger partial charge < -0.3 is 14.6 Å². The standard InChI is InChI=1S/C22H31N3O4/c1-5-6-13-25-19-10-8-7-9-17(19)24-18(22(25)28)11-12-20(26)29-16(4)21(27)23-14-15(2)3/h7-10,15-16H,5-6,11-14H2,1-4H3,(H,23,27)/t16-/m0/s1. The number of unbranched alkanes of at least 4 members (excludes halogenated alkanes) is 1. The number of ether oxygens (including phenoxy) is 1. The molecule has 7 nitrogen and oxygen atoms in total. The van der Waals surface area contributed by atoms with Gasteiger partial charge in [-0.05, 0) is 31.4 Å². The second kappa shape index (κ2) is 10.7. The second-order valence-electron chi connectivity index (χ2n) is 7.63. The van der Waals surface area contributed by atoms with Gasteiger partial charge in [0.2, 0.25) is 0 Å². The first-order valence-corrected chi connectivity index (χ1v) is 10.3. The summed E-state index contributed by atoms with van der Waals surface area (Å²) >= 11 is 0. The van der Waals surface area contributed by atoms with Gasteiger partial charge in [-0.1, -0.05) is 39.3 Å². The van der Waals surface area contributed by atoms with Crippen LogP contribution in [0.15, 0.2) is 29.1 Å². The number of fused-ring (bicyclic) bond motifs is 1. The lowest BCUT2D eigenvalue weighted by Gasteiger charge is -2.15. The third-order valence-electron chi connectivity index (χ3n) is 4.58. The highest BCUT2D eigenvalue weighted by Crippen LogP contribution is 2.12. The van der Waals surface area contributed by atoms with Crippen molar-refractivity contribution >= 4 is 22.9 Å². The van der Waals surface area contributed by atoms with Crippen LogP contribution in [0.25, 0.3) is 11.0 Å². The predicted molar refractivity (Wildman–Crippen MR) is 113 cm³/mol. The summed E-state index contributed by atoms with van der Waals surface area (Å²) in [5.41, 5.74) is 1.70. The van der Waals surface area contributed by atoms with E-state index < -0.39 is 12.1 Å². The van der Waals surface area contributed by atoms with Crippen molar-refractivity contribution in [2.45, 2.75) is 66.0 Å². The Morgan fingerprint density at radius 1 is 1.21 bits per heavy atom. The number of benzene rings is 1. The van der Waals surface area contributed by atoms with Gasteiger partial charge in [-0.15, -0.1) is 0 Å². The Morgan fingerprint density at radius 3 is 2.62 bits per heavy atom. The fourth-order valence-electron chi connectivity index (χ4n) is 2.92. The Labute approximate surface area is 171 Å². The van der Waals surface area contributed by atoms with Crippen molar-refractivity contribution in [1.82, 2.24) is 14.9 Å². The molecule has 2 aromatic rings. The molecule has 0 bridgehead atoms. The molecular formula is C22H31N3O4. The van der Waals surface area contributed by atoms with E-state index in [9.17, 15) is 14.4 Å². The zero-order valence-electron chi connectivity index (χ0n) is 17.7. The number of para-hydroxylation sites is 2. The molecule has 0 fully saturated rings. The lowest BCUT2D eigenvalue weighted by Crippen LogP contribution is -2.37. The topological polar surface area (TPSA) is 90.3 Å². The average molecular weight is 402 g/mol. The van der Waals surface area contributed by atoms with Crippen molar-refractivity contribution in [3.8, 4) is 0 Å². The van der Waals surface area contributed by atoms with Gasteiger partial charge in [0.1, 0.15) is 5.69 Å². The van der Waals surface area contributed by atoms with Crippen LogP contribution in [0.4, 0.5) is 0 Å². The van der Waals surface area contributed by atoms with Gasteiger partial charge >= 0.3 is 5.97 Å². The van der Waals surface area contributed by atoms with Crippen molar-refractivity contribution in [3.05, 3.63) is 40.3 Å². The number of hydrogen-bond donors (Lipinski definition) is 1. The number of carbonyl (C=O) groups excluding carboxylic acids is 2. The molecule has 1 heterocycles. The van der Waals surface area contributed by atoms with E-state index in [-0.39, 0.29) is 24.3 Å². The number of hydrogen-bond acceptors (Lipinski definition) is 5. The zero-order chi connectivity index (χ0) is 21.4. The lowest BCUT2D eigenvalue weighted by molar-refractivity contribution is -0.154. The van der Waals surface area contributed by atoms with E-state index in [1.165, 1.54) is 0 Å². The van der Waals surface area contributed by atoms with Crippen molar-refractivity contribution in [2.24, 2.45) is 5.92 Å². The fourth-order valence-corrected chi connectivity index (χ4v) is 2.92. The van der Waals surface area contributed by atoms with Gasteiger partial charge in [-0.25, -0.2) is 4.98 Å². The predicted octanol–water partition coefficient (Wildman–Crippen LogP) is 2.83. The Hall–Kier alpha value is -2.70. The number of esters is 1. The molecule has 1 aromatic heterocycles. The van der Waals surface area contributed by atoms with Crippen LogP contribution in [-0.4, -0.2) is 34.1 Å². The maximum Gasteiger partial charge on any atom is 0.306 e. The molecule has 0 saturated carbocycles. The van der Waals surface area contributed by atoms with Crippen LogP contribution in [-0.2, 0) is 27.3 Å². The number of nitrogens with zero attached hydrogens (tertiary/aromatic N) is 2. The van der Waals surface area contributed by atoms with Crippen LogP contribution in [0.5, 0.6) is 0 Å². The molecule has 1 amide bonds. The molecule has 0 aliphatic heterocycles. The first-order chi connectivity index (χ1) is 13.8. The summed E-state index contributed by atoms with van der Waals surface area (Å²) in [6.45, 7) is 8.73. The van der Waals surface area contributed by atoms with Gasteiger partial charge in [0.05, 0.1) is 17.5 Å². The normalized spacial score (nSPS) is 12.2. The Balaban J connectivity index is 2.06. The van der Waals surface area contributed by atoms with E-state index in [2.05, 4.69) is 17.2 Å². The summed E-state index contributed by atoms with van der Waals surface area (Å²) in [4.78, 5) is 41.4. The largest absolute Gasteiger partial charge is 0.453 e. The van der Waals surface area contributed by atoms with E-state index in [4.69, 9.17) is 4.74 Å². The molecule has 0 aliphatic carbocycles. The monoisotopic (exact) mass is 401 g/mol. The highest BCUT2D eigenvalue weighted by atomic mass is 16.5. The quantitative estimate of drug-likeness (QED) is 0.618. The molecule has 29 heavy (non-hydrogen) atoms. The van der Waals surface area contributed by atoms with E-state index in [1.807, 2.05) is 38.1 Å². The van der Waals surface area contributed by atoms with Crippen molar-refractivity contribution in [3.63, 3.8) is 0 Å². The summed E-state index contributed by atoms with van der Waals surface area (Å²) in [6.07, 6.45) is 1.16.